The predicted molar refractivity (Wildman–Crippen MR) is 57.1 cm³/mol. The lowest BCUT2D eigenvalue weighted by molar-refractivity contribution is 1.06. The molecule has 0 bridgehead atoms. The highest BCUT2D eigenvalue weighted by atomic mass is 35.5. The normalized spacial score (nSPS) is 14.5. The maximum atomic E-state index is 5.97. The number of anilines is 1. The van der Waals surface area contributed by atoms with Gasteiger partial charge in [-0.25, -0.2) is 0 Å². The fourth-order valence-corrected chi connectivity index (χ4v) is 1.73. The van der Waals surface area contributed by atoms with E-state index in [0.717, 1.165) is 11.3 Å². The van der Waals surface area contributed by atoms with Crippen LogP contribution in [0, 0.1) is 0 Å². The first-order valence-electron chi connectivity index (χ1n) is 3.62. The predicted octanol–water partition coefficient (Wildman–Crippen LogP) is 3.51. The zero-order valence-corrected chi connectivity index (χ0v) is 8.71. The summed E-state index contributed by atoms with van der Waals surface area (Å²) in [6.45, 7) is 0.473. The number of nitrogens with zero attached hydrogens (tertiary/aromatic N) is 1. The molecule has 1 aliphatic heterocycles. The molecule has 2 nitrogen and oxygen atoms in total. The highest BCUT2D eigenvalue weighted by Gasteiger charge is 2.14. The van der Waals surface area contributed by atoms with Crippen LogP contribution in [-0.2, 0) is 6.54 Å². The Kier molecular flexibility index (Phi) is 2.37. The standard InChI is InChI=1S/C8H5Cl3N2/c9-5-1-2-6-4(7(5)10)3-12-8(11)13-6/h1-2H,3H2,(H,12,13). The van der Waals surface area contributed by atoms with E-state index in [4.69, 9.17) is 34.8 Å². The number of amidine groups is 1. The second-order valence-electron chi connectivity index (χ2n) is 2.62. The number of nitrogens with one attached hydrogen (secondary N) is 1. The van der Waals surface area contributed by atoms with E-state index in [0.29, 0.717) is 21.9 Å². The number of rotatable bonds is 0. The summed E-state index contributed by atoms with van der Waals surface area (Å²) in [5.74, 6) is 0. The maximum absolute atomic E-state index is 5.97. The molecule has 68 valence electrons. The number of fused-ring (bicyclic) bond motifs is 1. The first-order chi connectivity index (χ1) is 6.18. The third-order valence-electron chi connectivity index (χ3n) is 1.81. The van der Waals surface area contributed by atoms with Gasteiger partial charge < -0.3 is 5.32 Å². The van der Waals surface area contributed by atoms with Gasteiger partial charge in [-0.2, -0.15) is 0 Å². The number of benzene rings is 1. The molecule has 0 saturated carbocycles. The minimum Gasteiger partial charge on any atom is -0.330 e. The van der Waals surface area contributed by atoms with Crippen LogP contribution >= 0.6 is 34.8 Å². The molecular weight excluding hydrogens is 230 g/mol. The van der Waals surface area contributed by atoms with Crippen molar-refractivity contribution in [2.45, 2.75) is 6.54 Å². The molecule has 5 heteroatoms. The van der Waals surface area contributed by atoms with E-state index in [9.17, 15) is 0 Å². The van der Waals surface area contributed by atoms with Crippen LogP contribution in [0.15, 0.2) is 17.1 Å². The lowest BCUT2D eigenvalue weighted by atomic mass is 10.1. The summed E-state index contributed by atoms with van der Waals surface area (Å²) in [7, 11) is 0. The van der Waals surface area contributed by atoms with E-state index < -0.39 is 0 Å². The van der Waals surface area contributed by atoms with Crippen molar-refractivity contribution in [2.24, 2.45) is 4.99 Å². The molecule has 0 amide bonds. The minimum absolute atomic E-state index is 0.380. The number of halogens is 3. The topological polar surface area (TPSA) is 24.4 Å². The Morgan fingerprint density at radius 3 is 2.77 bits per heavy atom. The molecule has 0 spiro atoms. The molecule has 0 aliphatic carbocycles. The van der Waals surface area contributed by atoms with Crippen LogP contribution in [0.1, 0.15) is 5.56 Å². The third kappa shape index (κ3) is 1.62. The molecule has 1 aromatic carbocycles. The van der Waals surface area contributed by atoms with Crippen LogP contribution in [-0.4, -0.2) is 5.29 Å². The van der Waals surface area contributed by atoms with E-state index in [1.165, 1.54) is 0 Å². The highest BCUT2D eigenvalue weighted by molar-refractivity contribution is 6.67. The Morgan fingerprint density at radius 2 is 2.00 bits per heavy atom. The molecule has 0 radical (unpaired) electrons. The van der Waals surface area contributed by atoms with Crippen molar-refractivity contribution in [1.82, 2.24) is 0 Å². The first-order valence-corrected chi connectivity index (χ1v) is 4.75. The molecule has 1 aromatic rings. The van der Waals surface area contributed by atoms with Crippen molar-refractivity contribution >= 4 is 45.8 Å². The molecule has 1 aliphatic rings. The van der Waals surface area contributed by atoms with Gasteiger partial charge in [0.1, 0.15) is 0 Å². The van der Waals surface area contributed by atoms with Gasteiger partial charge >= 0.3 is 0 Å². The Labute approximate surface area is 90.5 Å². The summed E-state index contributed by atoms with van der Waals surface area (Å²) in [4.78, 5) is 4.00. The lowest BCUT2D eigenvalue weighted by Crippen LogP contribution is -2.12. The molecule has 0 aromatic heterocycles. The molecule has 0 unspecified atom stereocenters. The zero-order chi connectivity index (χ0) is 9.42. The van der Waals surface area contributed by atoms with Crippen LogP contribution in [0.3, 0.4) is 0 Å². The molecule has 0 saturated heterocycles. The first kappa shape index (κ1) is 9.13. The van der Waals surface area contributed by atoms with Crippen LogP contribution in [0.4, 0.5) is 5.69 Å². The number of hydrogen-bond donors (Lipinski definition) is 1. The van der Waals surface area contributed by atoms with Crippen LogP contribution < -0.4 is 5.32 Å². The summed E-state index contributed by atoms with van der Waals surface area (Å²) in [6.07, 6.45) is 0. The van der Waals surface area contributed by atoms with E-state index in [1.54, 1.807) is 6.07 Å². The van der Waals surface area contributed by atoms with E-state index >= 15 is 0 Å². The SMILES string of the molecule is ClC1=NCc2c(ccc(Cl)c2Cl)N1. The average molecular weight is 236 g/mol. The molecular formula is C8H5Cl3N2. The number of aliphatic imine (C=N–C) groups is 1. The van der Waals surface area contributed by atoms with Crippen molar-refractivity contribution in [3.8, 4) is 0 Å². The molecule has 13 heavy (non-hydrogen) atoms. The zero-order valence-electron chi connectivity index (χ0n) is 6.44. The monoisotopic (exact) mass is 234 g/mol. The number of hydrogen-bond acceptors (Lipinski definition) is 2. The van der Waals surface area contributed by atoms with Crippen molar-refractivity contribution in [1.29, 1.82) is 0 Å². The van der Waals surface area contributed by atoms with Crippen LogP contribution in [0.25, 0.3) is 0 Å². The maximum Gasteiger partial charge on any atom is 0.196 e. The largest absolute Gasteiger partial charge is 0.330 e. The second-order valence-corrected chi connectivity index (χ2v) is 3.76. The summed E-state index contributed by atoms with van der Waals surface area (Å²) in [5, 5.41) is 4.36. The molecule has 0 fully saturated rings. The van der Waals surface area contributed by atoms with E-state index in [-0.39, 0.29) is 0 Å². The lowest BCUT2D eigenvalue weighted by Gasteiger charge is -2.16. The van der Waals surface area contributed by atoms with Gasteiger partial charge in [0.25, 0.3) is 0 Å². The fraction of sp³-hybridized carbons (Fsp3) is 0.125. The van der Waals surface area contributed by atoms with E-state index in [1.807, 2.05) is 6.07 Å². The van der Waals surface area contributed by atoms with Gasteiger partial charge in [-0.15, -0.1) is 0 Å². The fourth-order valence-electron chi connectivity index (χ4n) is 1.16. The van der Waals surface area contributed by atoms with Gasteiger partial charge in [0, 0.05) is 11.3 Å². The summed E-state index contributed by atoms with van der Waals surface area (Å²) >= 11 is 17.5. The van der Waals surface area contributed by atoms with Crippen LogP contribution in [0.5, 0.6) is 0 Å². The van der Waals surface area contributed by atoms with E-state index in [2.05, 4.69) is 10.3 Å². The van der Waals surface area contributed by atoms with Gasteiger partial charge in [0.15, 0.2) is 5.29 Å². The van der Waals surface area contributed by atoms with Gasteiger partial charge in [0.2, 0.25) is 0 Å². The van der Waals surface area contributed by atoms with Crippen molar-refractivity contribution in [3.63, 3.8) is 0 Å². The molecule has 0 atom stereocenters. The van der Waals surface area contributed by atoms with Crippen LogP contribution in [0.2, 0.25) is 10.0 Å². The smallest absolute Gasteiger partial charge is 0.196 e. The highest BCUT2D eigenvalue weighted by Crippen LogP contribution is 2.33. The summed E-state index contributed by atoms with van der Waals surface area (Å²) in [6, 6.07) is 3.56. The van der Waals surface area contributed by atoms with Crippen molar-refractivity contribution in [3.05, 3.63) is 27.7 Å². The molecule has 1 N–H and O–H groups in total. The van der Waals surface area contributed by atoms with Gasteiger partial charge in [-0.1, -0.05) is 23.2 Å². The average Bonchev–Trinajstić information content (AvgIpc) is 2.12. The second kappa shape index (κ2) is 3.37. The molecule has 2 rings (SSSR count). The summed E-state index contributed by atoms with van der Waals surface area (Å²) in [5.41, 5.74) is 1.76. The third-order valence-corrected chi connectivity index (χ3v) is 2.87. The summed E-state index contributed by atoms with van der Waals surface area (Å²) < 4.78 is 0. The quantitative estimate of drug-likeness (QED) is 0.684. The van der Waals surface area contributed by atoms with Crippen molar-refractivity contribution < 1.29 is 0 Å². The minimum atomic E-state index is 0.380. The Bertz CT molecular complexity index is 387. The Hall–Kier alpha value is -0.440. The molecule has 1 heterocycles. The van der Waals surface area contributed by atoms with Gasteiger partial charge in [-0.05, 0) is 23.7 Å². The Balaban J connectivity index is 2.53. The van der Waals surface area contributed by atoms with Gasteiger partial charge in [0.05, 0.1) is 16.6 Å². The van der Waals surface area contributed by atoms with Gasteiger partial charge in [-0.3, -0.25) is 4.99 Å². The Morgan fingerprint density at radius 1 is 1.23 bits per heavy atom. The van der Waals surface area contributed by atoms with Crippen molar-refractivity contribution in [2.75, 3.05) is 5.32 Å².